The first-order chi connectivity index (χ1) is 6.38. The minimum atomic E-state index is -3.57. The minimum absolute atomic E-state index is 0.0471. The lowest BCUT2D eigenvalue weighted by Crippen LogP contribution is -2.05. The Hall–Kier alpha value is -1.14. The molecule has 0 bridgehead atoms. The Morgan fingerprint density at radius 1 is 1.36 bits per heavy atom. The van der Waals surface area contributed by atoms with E-state index in [0.717, 1.165) is 6.26 Å². The van der Waals surface area contributed by atoms with Gasteiger partial charge in [-0.2, -0.15) is 8.42 Å². The molecule has 0 saturated carbocycles. The number of alkyl halides is 1. The summed E-state index contributed by atoms with van der Waals surface area (Å²) in [7, 11) is -3.57. The lowest BCUT2D eigenvalue weighted by molar-refractivity contribution is 0.0411. The Balaban J connectivity index is 2.84. The topological polar surface area (TPSA) is 63.6 Å². The second-order valence-corrected chi connectivity index (χ2v) is 4.27. The molecule has 0 fully saturated rings. The van der Waals surface area contributed by atoms with E-state index in [1.165, 1.54) is 24.3 Å². The molecule has 0 aliphatic rings. The van der Waals surface area contributed by atoms with E-state index in [9.17, 15) is 12.8 Å². The van der Waals surface area contributed by atoms with Crippen molar-refractivity contribution in [2.75, 3.05) is 6.26 Å². The molecule has 0 aliphatic carbocycles. The smallest absolute Gasteiger partial charge is 0.306 e. The van der Waals surface area contributed by atoms with Gasteiger partial charge < -0.3 is 9.29 Å². The van der Waals surface area contributed by atoms with Gasteiger partial charge in [0.2, 0.25) is 6.36 Å². The molecule has 1 aromatic rings. The van der Waals surface area contributed by atoms with Crippen LogP contribution in [0.15, 0.2) is 24.3 Å². The molecule has 1 aromatic carbocycles. The van der Waals surface area contributed by atoms with E-state index in [0.29, 0.717) is 0 Å². The molecule has 78 valence electrons. The van der Waals surface area contributed by atoms with Crippen LogP contribution in [0.3, 0.4) is 0 Å². The summed E-state index contributed by atoms with van der Waals surface area (Å²) in [4.78, 5) is 0. The summed E-state index contributed by atoms with van der Waals surface area (Å²) < 4.78 is 38.2. The minimum Gasteiger partial charge on any atom is -0.383 e. The van der Waals surface area contributed by atoms with Gasteiger partial charge in [-0.3, -0.25) is 0 Å². The summed E-state index contributed by atoms with van der Waals surface area (Å²) >= 11 is 0. The van der Waals surface area contributed by atoms with Crippen LogP contribution in [0.5, 0.6) is 5.75 Å². The average molecular weight is 220 g/mol. The summed E-state index contributed by atoms with van der Waals surface area (Å²) in [5.41, 5.74) is 0.0471. The molecule has 4 nitrogen and oxygen atoms in total. The van der Waals surface area contributed by atoms with Crippen LogP contribution >= 0.6 is 0 Å². The molecule has 0 aliphatic heterocycles. The number of hydrogen-bond donors (Lipinski definition) is 1. The van der Waals surface area contributed by atoms with Gasteiger partial charge in [0.15, 0.2) is 0 Å². The standard InChI is InChI=1S/C8H9FO4S/c1-14(11,12)13-7-4-2-6(3-5-7)8(9)10/h2-5,8,10H,1H3. The highest BCUT2D eigenvalue weighted by molar-refractivity contribution is 7.86. The first-order valence-corrected chi connectivity index (χ1v) is 5.52. The van der Waals surface area contributed by atoms with Crippen molar-refractivity contribution in [2.24, 2.45) is 0 Å². The van der Waals surface area contributed by atoms with Crippen LogP contribution in [0, 0.1) is 0 Å². The van der Waals surface area contributed by atoms with Gasteiger partial charge in [0.05, 0.1) is 6.26 Å². The fraction of sp³-hybridized carbons (Fsp3) is 0.250. The quantitative estimate of drug-likeness (QED) is 0.771. The van der Waals surface area contributed by atoms with Crippen LogP contribution in [0.25, 0.3) is 0 Å². The molecule has 1 N–H and O–H groups in total. The second-order valence-electron chi connectivity index (χ2n) is 2.69. The van der Waals surface area contributed by atoms with E-state index < -0.39 is 16.5 Å². The Bertz CT molecular complexity index is 396. The van der Waals surface area contributed by atoms with E-state index in [1.807, 2.05) is 0 Å². The lowest BCUT2D eigenvalue weighted by atomic mass is 10.2. The number of hydrogen-bond acceptors (Lipinski definition) is 4. The molecule has 0 radical (unpaired) electrons. The molecule has 0 saturated heterocycles. The molecule has 0 spiro atoms. The summed E-state index contributed by atoms with van der Waals surface area (Å²) in [6, 6.07) is 5.01. The third kappa shape index (κ3) is 3.31. The maximum absolute atomic E-state index is 12.3. The first kappa shape index (κ1) is 10.9. The maximum atomic E-state index is 12.3. The normalized spacial score (nSPS) is 13.6. The molecule has 1 unspecified atom stereocenters. The predicted molar refractivity (Wildman–Crippen MR) is 48.0 cm³/mol. The Kier molecular flexibility index (Phi) is 3.07. The van der Waals surface area contributed by atoms with Crippen molar-refractivity contribution in [3.8, 4) is 5.75 Å². The summed E-state index contributed by atoms with van der Waals surface area (Å²) in [5, 5.41) is 8.52. The van der Waals surface area contributed by atoms with Crippen LogP contribution < -0.4 is 4.18 Å². The number of aliphatic hydroxyl groups is 1. The van der Waals surface area contributed by atoms with Crippen LogP contribution in [0.4, 0.5) is 4.39 Å². The number of benzene rings is 1. The lowest BCUT2D eigenvalue weighted by Gasteiger charge is -2.04. The zero-order chi connectivity index (χ0) is 10.8. The predicted octanol–water partition coefficient (Wildman–Crippen LogP) is 0.985. The number of rotatable bonds is 3. The van der Waals surface area contributed by atoms with Crippen molar-refractivity contribution in [3.05, 3.63) is 29.8 Å². The van der Waals surface area contributed by atoms with Gasteiger partial charge in [-0.15, -0.1) is 0 Å². The fourth-order valence-electron chi connectivity index (χ4n) is 0.857. The van der Waals surface area contributed by atoms with E-state index in [2.05, 4.69) is 4.18 Å². The van der Waals surface area contributed by atoms with Gasteiger partial charge in [-0.25, -0.2) is 4.39 Å². The third-order valence-electron chi connectivity index (χ3n) is 1.40. The van der Waals surface area contributed by atoms with Gasteiger partial charge in [-0.1, -0.05) is 0 Å². The van der Waals surface area contributed by atoms with Crippen molar-refractivity contribution in [3.63, 3.8) is 0 Å². The Morgan fingerprint density at radius 2 is 1.86 bits per heavy atom. The molecule has 0 aromatic heterocycles. The molecule has 0 amide bonds. The molecule has 14 heavy (non-hydrogen) atoms. The highest BCUT2D eigenvalue weighted by atomic mass is 32.2. The van der Waals surface area contributed by atoms with Crippen LogP contribution in [0.2, 0.25) is 0 Å². The van der Waals surface area contributed by atoms with Crippen molar-refractivity contribution in [1.82, 2.24) is 0 Å². The fourth-order valence-corrected chi connectivity index (χ4v) is 1.32. The highest BCUT2D eigenvalue weighted by Crippen LogP contribution is 2.19. The van der Waals surface area contributed by atoms with E-state index in [4.69, 9.17) is 5.11 Å². The van der Waals surface area contributed by atoms with Gasteiger partial charge in [0.1, 0.15) is 5.75 Å². The molecule has 6 heteroatoms. The molecule has 1 atom stereocenters. The van der Waals surface area contributed by atoms with Crippen molar-refractivity contribution >= 4 is 10.1 Å². The monoisotopic (exact) mass is 220 g/mol. The van der Waals surface area contributed by atoms with E-state index in [1.54, 1.807) is 0 Å². The van der Waals surface area contributed by atoms with Crippen molar-refractivity contribution < 1.29 is 22.1 Å². The van der Waals surface area contributed by atoms with Crippen LogP contribution in [-0.2, 0) is 10.1 Å². The van der Waals surface area contributed by atoms with Gasteiger partial charge in [0.25, 0.3) is 0 Å². The molecular formula is C8H9FO4S. The molecule has 1 rings (SSSR count). The van der Waals surface area contributed by atoms with E-state index >= 15 is 0 Å². The SMILES string of the molecule is CS(=O)(=O)Oc1ccc(C(O)F)cc1. The summed E-state index contributed by atoms with van der Waals surface area (Å²) in [6.45, 7) is 0. The maximum Gasteiger partial charge on any atom is 0.306 e. The second kappa shape index (κ2) is 3.93. The zero-order valence-corrected chi connectivity index (χ0v) is 8.16. The van der Waals surface area contributed by atoms with Crippen molar-refractivity contribution in [2.45, 2.75) is 6.36 Å². The summed E-state index contributed by atoms with van der Waals surface area (Å²) in [6.07, 6.45) is -1.16. The van der Waals surface area contributed by atoms with Gasteiger partial charge in [-0.05, 0) is 24.3 Å². The van der Waals surface area contributed by atoms with Crippen LogP contribution in [-0.4, -0.2) is 19.8 Å². The summed E-state index contributed by atoms with van der Waals surface area (Å²) in [5.74, 6) is 0.0805. The van der Waals surface area contributed by atoms with Crippen LogP contribution in [0.1, 0.15) is 11.9 Å². The van der Waals surface area contributed by atoms with Gasteiger partial charge >= 0.3 is 10.1 Å². The highest BCUT2D eigenvalue weighted by Gasteiger charge is 2.07. The Morgan fingerprint density at radius 3 is 2.21 bits per heavy atom. The Labute approximate surface area is 81.1 Å². The number of halogens is 1. The largest absolute Gasteiger partial charge is 0.383 e. The zero-order valence-electron chi connectivity index (χ0n) is 7.34. The first-order valence-electron chi connectivity index (χ1n) is 3.70. The van der Waals surface area contributed by atoms with E-state index in [-0.39, 0.29) is 11.3 Å². The molecule has 0 heterocycles. The molecular weight excluding hydrogens is 211 g/mol. The number of aliphatic hydroxyl groups excluding tert-OH is 1. The van der Waals surface area contributed by atoms with Gasteiger partial charge in [0, 0.05) is 5.56 Å². The van der Waals surface area contributed by atoms with Crippen molar-refractivity contribution in [1.29, 1.82) is 0 Å². The third-order valence-corrected chi connectivity index (χ3v) is 1.90. The average Bonchev–Trinajstić information content (AvgIpc) is 2.02.